The van der Waals surface area contributed by atoms with Gasteiger partial charge >= 0.3 is 5.63 Å². The van der Waals surface area contributed by atoms with E-state index in [9.17, 15) is 4.79 Å². The summed E-state index contributed by atoms with van der Waals surface area (Å²) in [6.45, 7) is 5.20. The van der Waals surface area contributed by atoms with Crippen molar-refractivity contribution in [3.63, 3.8) is 0 Å². The van der Waals surface area contributed by atoms with Crippen molar-refractivity contribution in [2.75, 3.05) is 11.9 Å². The topological polar surface area (TPSA) is 55.1 Å². The van der Waals surface area contributed by atoms with Gasteiger partial charge in [0.05, 0.1) is 5.39 Å². The molecule has 23 heavy (non-hydrogen) atoms. The molecule has 0 fully saturated rings. The van der Waals surface area contributed by atoms with Gasteiger partial charge in [-0.2, -0.15) is 4.98 Å². The zero-order valence-corrected chi connectivity index (χ0v) is 15.1. The third-order valence-electron chi connectivity index (χ3n) is 3.96. The van der Waals surface area contributed by atoms with Crippen LogP contribution in [0.2, 0.25) is 0 Å². The molecule has 0 unspecified atom stereocenters. The summed E-state index contributed by atoms with van der Waals surface area (Å²) in [6, 6.07) is 2.30. The van der Waals surface area contributed by atoms with Crippen molar-refractivity contribution in [3.05, 3.63) is 21.4 Å². The first-order valence-electron chi connectivity index (χ1n) is 8.92. The molecule has 0 aliphatic rings. The number of hydrogen-bond donors (Lipinski definition) is 1. The minimum atomic E-state index is -0.278. The predicted molar refractivity (Wildman–Crippen MR) is 98.6 cm³/mol. The summed E-state index contributed by atoms with van der Waals surface area (Å²) >= 11 is 1.61. The van der Waals surface area contributed by atoms with E-state index in [1.807, 2.05) is 6.07 Å². The quantitative estimate of drug-likeness (QED) is 0.561. The maximum absolute atomic E-state index is 12.1. The molecular formula is C18H28N2O2S. The van der Waals surface area contributed by atoms with E-state index in [0.29, 0.717) is 11.4 Å². The van der Waals surface area contributed by atoms with Crippen LogP contribution in [0, 0.1) is 0 Å². The van der Waals surface area contributed by atoms with Gasteiger partial charge in [0.1, 0.15) is 4.83 Å². The third-order valence-corrected chi connectivity index (χ3v) is 5.05. The Morgan fingerprint density at radius 1 is 1.09 bits per heavy atom. The van der Waals surface area contributed by atoms with Gasteiger partial charge in [-0.05, 0) is 25.3 Å². The van der Waals surface area contributed by atoms with E-state index >= 15 is 0 Å². The van der Waals surface area contributed by atoms with Gasteiger partial charge in [-0.25, -0.2) is 4.79 Å². The number of aryl methyl sites for hydroxylation is 1. The minimum absolute atomic E-state index is 0.278. The highest BCUT2D eigenvalue weighted by molar-refractivity contribution is 7.18. The maximum atomic E-state index is 12.1. The van der Waals surface area contributed by atoms with Crippen molar-refractivity contribution in [3.8, 4) is 0 Å². The first kappa shape index (κ1) is 18.0. The van der Waals surface area contributed by atoms with Gasteiger partial charge in [-0.15, -0.1) is 11.3 Å². The van der Waals surface area contributed by atoms with E-state index < -0.39 is 0 Å². The van der Waals surface area contributed by atoms with Gasteiger partial charge in [0, 0.05) is 11.4 Å². The molecule has 128 valence electrons. The molecule has 0 aromatic carbocycles. The molecule has 0 bridgehead atoms. The van der Waals surface area contributed by atoms with E-state index in [0.717, 1.165) is 37.1 Å². The summed E-state index contributed by atoms with van der Waals surface area (Å²) in [7, 11) is 0. The van der Waals surface area contributed by atoms with Crippen molar-refractivity contribution in [2.45, 2.75) is 71.6 Å². The van der Waals surface area contributed by atoms with E-state index in [-0.39, 0.29) is 5.63 Å². The average Bonchev–Trinajstić information content (AvgIpc) is 2.95. The second-order valence-corrected chi connectivity index (χ2v) is 7.15. The Morgan fingerprint density at radius 3 is 2.61 bits per heavy atom. The molecule has 0 saturated carbocycles. The van der Waals surface area contributed by atoms with Crippen molar-refractivity contribution >= 4 is 27.6 Å². The number of thiophene rings is 1. The molecule has 4 nitrogen and oxygen atoms in total. The Labute approximate surface area is 142 Å². The van der Waals surface area contributed by atoms with Gasteiger partial charge in [0.25, 0.3) is 6.01 Å². The lowest BCUT2D eigenvalue weighted by Gasteiger charge is -2.03. The molecule has 2 aromatic rings. The zero-order valence-electron chi connectivity index (χ0n) is 14.3. The number of aromatic nitrogens is 1. The molecule has 0 aliphatic carbocycles. The summed E-state index contributed by atoms with van der Waals surface area (Å²) in [5.41, 5.74) is -0.278. The second kappa shape index (κ2) is 9.71. The number of fused-ring (bicyclic) bond motifs is 1. The lowest BCUT2D eigenvalue weighted by molar-refractivity contribution is 0.514. The molecule has 0 atom stereocenters. The maximum Gasteiger partial charge on any atom is 0.349 e. The van der Waals surface area contributed by atoms with E-state index in [4.69, 9.17) is 4.42 Å². The number of rotatable bonds is 11. The molecule has 2 aromatic heterocycles. The largest absolute Gasteiger partial charge is 0.389 e. The Hall–Kier alpha value is -1.36. The minimum Gasteiger partial charge on any atom is -0.389 e. The molecule has 0 radical (unpaired) electrons. The number of anilines is 1. The van der Waals surface area contributed by atoms with Crippen LogP contribution >= 0.6 is 11.3 Å². The molecule has 5 heteroatoms. The summed E-state index contributed by atoms with van der Waals surface area (Å²) in [5, 5.41) is 3.77. The standard InChI is InChI=1S/C18H28N2O2S/c1-3-5-7-8-9-10-12-19-18-20-16-15(17(21)22-18)13-14(23-16)11-6-4-2/h13H,3-12H2,1-2H3,(H,19,20). The Bertz CT molecular complexity index is 648. The van der Waals surface area contributed by atoms with Crippen molar-refractivity contribution in [1.29, 1.82) is 0 Å². The lowest BCUT2D eigenvalue weighted by atomic mass is 10.1. The van der Waals surface area contributed by atoms with Crippen molar-refractivity contribution in [2.24, 2.45) is 0 Å². The van der Waals surface area contributed by atoms with E-state index in [1.54, 1.807) is 11.3 Å². The summed E-state index contributed by atoms with van der Waals surface area (Å²) in [5.74, 6) is 0. The molecule has 0 aliphatic heterocycles. The Kier molecular flexibility index (Phi) is 7.59. The Morgan fingerprint density at radius 2 is 1.83 bits per heavy atom. The first-order valence-corrected chi connectivity index (χ1v) is 9.73. The number of unbranched alkanes of at least 4 members (excludes halogenated alkanes) is 6. The first-order chi connectivity index (χ1) is 11.2. The van der Waals surface area contributed by atoms with E-state index in [1.165, 1.54) is 37.0 Å². The molecule has 1 N–H and O–H groups in total. The van der Waals surface area contributed by atoms with Crippen LogP contribution < -0.4 is 10.9 Å². The Balaban J connectivity index is 1.87. The molecular weight excluding hydrogens is 308 g/mol. The molecule has 0 amide bonds. The highest BCUT2D eigenvalue weighted by Crippen LogP contribution is 2.24. The van der Waals surface area contributed by atoms with Gasteiger partial charge in [-0.3, -0.25) is 0 Å². The van der Waals surface area contributed by atoms with Gasteiger partial charge in [-0.1, -0.05) is 52.4 Å². The lowest BCUT2D eigenvalue weighted by Crippen LogP contribution is -2.08. The summed E-state index contributed by atoms with van der Waals surface area (Å²) in [4.78, 5) is 18.5. The number of nitrogens with one attached hydrogen (secondary N) is 1. The molecule has 0 saturated heterocycles. The second-order valence-electron chi connectivity index (χ2n) is 6.04. The van der Waals surface area contributed by atoms with Crippen LogP contribution in [-0.4, -0.2) is 11.5 Å². The van der Waals surface area contributed by atoms with Gasteiger partial charge in [0.2, 0.25) is 0 Å². The van der Waals surface area contributed by atoms with Crippen molar-refractivity contribution < 1.29 is 4.42 Å². The van der Waals surface area contributed by atoms with Crippen LogP contribution in [-0.2, 0) is 6.42 Å². The number of nitrogens with zero attached hydrogens (tertiary/aromatic N) is 1. The summed E-state index contributed by atoms with van der Waals surface area (Å²) in [6.07, 6.45) is 10.8. The fourth-order valence-corrected chi connectivity index (χ4v) is 3.62. The highest BCUT2D eigenvalue weighted by Gasteiger charge is 2.10. The van der Waals surface area contributed by atoms with Crippen LogP contribution in [0.5, 0.6) is 0 Å². The number of hydrogen-bond acceptors (Lipinski definition) is 5. The van der Waals surface area contributed by atoms with Crippen LogP contribution in [0.4, 0.5) is 6.01 Å². The molecule has 0 spiro atoms. The average molecular weight is 337 g/mol. The van der Waals surface area contributed by atoms with Crippen LogP contribution in [0.25, 0.3) is 10.2 Å². The zero-order chi connectivity index (χ0) is 16.5. The predicted octanol–water partition coefficient (Wildman–Crippen LogP) is 5.36. The highest BCUT2D eigenvalue weighted by atomic mass is 32.1. The van der Waals surface area contributed by atoms with Crippen LogP contribution in [0.1, 0.15) is 70.1 Å². The van der Waals surface area contributed by atoms with Gasteiger partial charge in [0.15, 0.2) is 0 Å². The monoisotopic (exact) mass is 336 g/mol. The third kappa shape index (κ3) is 5.65. The summed E-state index contributed by atoms with van der Waals surface area (Å²) < 4.78 is 5.28. The molecule has 2 rings (SSSR count). The van der Waals surface area contributed by atoms with Crippen molar-refractivity contribution in [1.82, 2.24) is 4.98 Å². The van der Waals surface area contributed by atoms with Crippen LogP contribution in [0.15, 0.2) is 15.3 Å². The fourth-order valence-electron chi connectivity index (χ4n) is 2.57. The van der Waals surface area contributed by atoms with E-state index in [2.05, 4.69) is 24.1 Å². The SMILES string of the molecule is CCCCCCCCNc1nc2sc(CCCC)cc2c(=O)o1. The van der Waals surface area contributed by atoms with Gasteiger partial charge < -0.3 is 9.73 Å². The smallest absolute Gasteiger partial charge is 0.349 e. The molecule has 2 heterocycles. The van der Waals surface area contributed by atoms with Crippen LogP contribution in [0.3, 0.4) is 0 Å². The normalized spacial score (nSPS) is 11.2. The fraction of sp³-hybridized carbons (Fsp3) is 0.667.